The van der Waals surface area contributed by atoms with Crippen molar-refractivity contribution >= 4 is 0 Å². The van der Waals surface area contributed by atoms with Crippen LogP contribution in [0.25, 0.3) is 0 Å². The maximum atomic E-state index is 11.7. The highest BCUT2D eigenvalue weighted by molar-refractivity contribution is 4.88. The molecule has 0 aromatic carbocycles. The van der Waals surface area contributed by atoms with Gasteiger partial charge >= 0.3 is 6.18 Å². The lowest BCUT2D eigenvalue weighted by molar-refractivity contribution is -0.174. The van der Waals surface area contributed by atoms with Crippen LogP contribution in [-0.2, 0) is 4.74 Å². The third-order valence-electron chi connectivity index (χ3n) is 1.73. The van der Waals surface area contributed by atoms with Gasteiger partial charge < -0.3 is 14.5 Å². The molecule has 0 saturated carbocycles. The fourth-order valence-corrected chi connectivity index (χ4v) is 1.10. The van der Waals surface area contributed by atoms with Gasteiger partial charge in [0.2, 0.25) is 0 Å². The number of hydrogen-bond donors (Lipinski definition) is 0. The van der Waals surface area contributed by atoms with Crippen LogP contribution >= 0.6 is 0 Å². The van der Waals surface area contributed by atoms with Crippen LogP contribution < -0.4 is 0 Å². The predicted molar refractivity (Wildman–Crippen MR) is 45.4 cm³/mol. The fraction of sp³-hybridized carbons (Fsp3) is 0.750. The second kappa shape index (κ2) is 4.54. The summed E-state index contributed by atoms with van der Waals surface area (Å²) in [5, 5.41) is 0. The van der Waals surface area contributed by atoms with Crippen LogP contribution in [0.15, 0.2) is 12.4 Å². The summed E-state index contributed by atoms with van der Waals surface area (Å²) in [6, 6.07) is 0. The first kappa shape index (κ1) is 11.2. The Hall–Kier alpha value is -0.910. The zero-order valence-corrected chi connectivity index (χ0v) is 7.92. The Morgan fingerprint density at radius 3 is 2.57 bits per heavy atom. The van der Waals surface area contributed by atoms with Gasteiger partial charge in [-0.05, 0) is 0 Å². The highest BCUT2D eigenvalue weighted by atomic mass is 19.4. The van der Waals surface area contributed by atoms with Gasteiger partial charge in [-0.3, -0.25) is 0 Å². The minimum absolute atomic E-state index is 0.0949. The Bertz CT molecular complexity index is 205. The lowest BCUT2D eigenvalue weighted by atomic mass is 10.6. The van der Waals surface area contributed by atoms with Crippen molar-refractivity contribution in [2.75, 3.05) is 33.5 Å². The third-order valence-corrected chi connectivity index (χ3v) is 1.73. The average Bonchev–Trinajstić information content (AvgIpc) is 2.44. The van der Waals surface area contributed by atoms with E-state index in [0.717, 1.165) is 0 Å². The minimum atomic E-state index is -4.22. The summed E-state index contributed by atoms with van der Waals surface area (Å²) in [6.45, 7) is 0.115. The number of hydrogen-bond acceptors (Lipinski definition) is 3. The molecule has 0 aliphatic carbocycles. The summed E-state index contributed by atoms with van der Waals surface area (Å²) in [6.07, 6.45) is -0.529. The van der Waals surface area contributed by atoms with Crippen LogP contribution in [0.1, 0.15) is 0 Å². The van der Waals surface area contributed by atoms with E-state index in [1.54, 1.807) is 0 Å². The van der Waals surface area contributed by atoms with Gasteiger partial charge in [-0.1, -0.05) is 0 Å². The van der Waals surface area contributed by atoms with Crippen LogP contribution in [0.5, 0.6) is 0 Å². The second-order valence-electron chi connectivity index (χ2n) is 3.18. The smallest absolute Gasteiger partial charge is 0.370 e. The van der Waals surface area contributed by atoms with Crippen molar-refractivity contribution in [2.45, 2.75) is 6.18 Å². The molecule has 1 aliphatic rings. The van der Waals surface area contributed by atoms with E-state index >= 15 is 0 Å². The van der Waals surface area contributed by atoms with Gasteiger partial charge in [0.1, 0.15) is 6.61 Å². The molecule has 0 N–H and O–H groups in total. The molecule has 14 heavy (non-hydrogen) atoms. The van der Waals surface area contributed by atoms with Crippen LogP contribution in [0, 0.1) is 0 Å². The van der Waals surface area contributed by atoms with Crippen molar-refractivity contribution in [3.8, 4) is 0 Å². The highest BCUT2D eigenvalue weighted by Crippen LogP contribution is 2.14. The monoisotopic (exact) mass is 210 g/mol. The highest BCUT2D eigenvalue weighted by Gasteiger charge is 2.27. The van der Waals surface area contributed by atoms with E-state index in [0.29, 0.717) is 13.2 Å². The zero-order chi connectivity index (χ0) is 10.6. The first-order valence-corrected chi connectivity index (χ1v) is 4.24. The summed E-state index contributed by atoms with van der Waals surface area (Å²) in [4.78, 5) is 3.82. The lowest BCUT2D eigenvalue weighted by Gasteiger charge is -2.18. The SMILES string of the molecule is CN1C=CN(CCOCC(F)(F)F)C1. The maximum Gasteiger partial charge on any atom is 0.411 e. The quantitative estimate of drug-likeness (QED) is 0.649. The summed E-state index contributed by atoms with van der Waals surface area (Å²) in [5.74, 6) is 0. The molecule has 1 heterocycles. The van der Waals surface area contributed by atoms with Crippen LogP contribution in [0.4, 0.5) is 13.2 Å². The molecular formula is C8H13F3N2O. The third kappa shape index (κ3) is 4.36. The molecule has 3 nitrogen and oxygen atoms in total. The van der Waals surface area contributed by atoms with Crippen molar-refractivity contribution in [3.05, 3.63) is 12.4 Å². The summed E-state index contributed by atoms with van der Waals surface area (Å²) >= 11 is 0. The Morgan fingerprint density at radius 1 is 1.36 bits per heavy atom. The van der Waals surface area contributed by atoms with E-state index in [1.165, 1.54) is 0 Å². The maximum absolute atomic E-state index is 11.7. The molecule has 0 aromatic rings. The Kier molecular flexibility index (Phi) is 3.62. The normalized spacial score (nSPS) is 16.9. The molecule has 0 aromatic heterocycles. The Labute approximate surface area is 80.7 Å². The Morgan fingerprint density at radius 2 is 2.07 bits per heavy atom. The standard InChI is InChI=1S/C8H13F3N2O/c1-12-2-3-13(7-12)4-5-14-6-8(9,10)11/h2-3H,4-7H2,1H3. The van der Waals surface area contributed by atoms with E-state index in [2.05, 4.69) is 4.74 Å². The van der Waals surface area contributed by atoms with Gasteiger partial charge in [-0.15, -0.1) is 0 Å². The number of ether oxygens (including phenoxy) is 1. The van der Waals surface area contributed by atoms with Crippen molar-refractivity contribution in [1.82, 2.24) is 9.80 Å². The summed E-state index contributed by atoms with van der Waals surface area (Å²) in [7, 11) is 1.90. The minimum Gasteiger partial charge on any atom is -0.370 e. The topological polar surface area (TPSA) is 15.7 Å². The molecule has 0 amide bonds. The van der Waals surface area contributed by atoms with Crippen molar-refractivity contribution in [2.24, 2.45) is 0 Å². The van der Waals surface area contributed by atoms with Crippen molar-refractivity contribution < 1.29 is 17.9 Å². The molecule has 0 spiro atoms. The molecule has 0 fully saturated rings. The van der Waals surface area contributed by atoms with Gasteiger partial charge in [0.15, 0.2) is 0 Å². The van der Waals surface area contributed by atoms with Gasteiger partial charge in [0.25, 0.3) is 0 Å². The zero-order valence-electron chi connectivity index (χ0n) is 7.92. The van der Waals surface area contributed by atoms with Crippen LogP contribution in [0.2, 0.25) is 0 Å². The molecular weight excluding hydrogens is 197 g/mol. The first-order valence-electron chi connectivity index (χ1n) is 4.24. The van der Waals surface area contributed by atoms with E-state index in [4.69, 9.17) is 0 Å². The van der Waals surface area contributed by atoms with E-state index < -0.39 is 12.8 Å². The molecule has 82 valence electrons. The van der Waals surface area contributed by atoms with Gasteiger partial charge in [-0.2, -0.15) is 13.2 Å². The molecule has 0 atom stereocenters. The number of alkyl halides is 3. The molecule has 1 aliphatic heterocycles. The first-order chi connectivity index (χ1) is 6.47. The molecule has 0 radical (unpaired) electrons. The van der Waals surface area contributed by atoms with Crippen LogP contribution in [0.3, 0.4) is 0 Å². The van der Waals surface area contributed by atoms with Crippen LogP contribution in [-0.4, -0.2) is 49.5 Å². The van der Waals surface area contributed by atoms with E-state index in [1.807, 2.05) is 29.2 Å². The molecule has 1 rings (SSSR count). The Balaban J connectivity index is 2.03. The van der Waals surface area contributed by atoms with Gasteiger partial charge in [0, 0.05) is 26.0 Å². The predicted octanol–water partition coefficient (Wildman–Crippen LogP) is 1.24. The van der Waals surface area contributed by atoms with E-state index in [-0.39, 0.29) is 6.61 Å². The molecule has 6 heteroatoms. The van der Waals surface area contributed by atoms with E-state index in [9.17, 15) is 13.2 Å². The number of rotatable bonds is 4. The summed E-state index contributed by atoms with van der Waals surface area (Å²) in [5.41, 5.74) is 0. The second-order valence-corrected chi connectivity index (χ2v) is 3.18. The fourth-order valence-electron chi connectivity index (χ4n) is 1.10. The number of nitrogens with zero attached hydrogens (tertiary/aromatic N) is 2. The van der Waals surface area contributed by atoms with Crippen molar-refractivity contribution in [1.29, 1.82) is 0 Å². The average molecular weight is 210 g/mol. The summed E-state index contributed by atoms with van der Waals surface area (Å²) < 4.78 is 39.4. The lowest BCUT2D eigenvalue weighted by Crippen LogP contribution is -2.27. The number of halogens is 3. The van der Waals surface area contributed by atoms with Gasteiger partial charge in [0.05, 0.1) is 13.3 Å². The molecule has 0 unspecified atom stereocenters. The van der Waals surface area contributed by atoms with Gasteiger partial charge in [-0.25, -0.2) is 0 Å². The van der Waals surface area contributed by atoms with Crippen molar-refractivity contribution in [3.63, 3.8) is 0 Å². The molecule has 0 bridgehead atoms. The molecule has 0 saturated heterocycles. The largest absolute Gasteiger partial charge is 0.411 e.